The SMILES string of the molecule is C.C.CC(=S)N(C)N.CC(=S)[S-].CNN.CO.COC(=S)N(C)CC(=O)CC(=O)CN(C)C(C)=S.S=C=S.[K+].[K+].[OH-]. The molecule has 0 rings (SSSR count). The molecule has 0 saturated heterocycles. The number of nitrogens with two attached hydrogens (primary N) is 2. The van der Waals surface area contributed by atoms with Gasteiger partial charge >= 0.3 is 103 Å². The molecule has 11 nitrogen and oxygen atoms in total. The van der Waals surface area contributed by atoms with Crippen LogP contribution in [-0.2, 0) is 27.0 Å². The molecule has 0 radical (unpaired) electrons. The van der Waals surface area contributed by atoms with Crippen molar-refractivity contribution in [3.8, 4) is 0 Å². The van der Waals surface area contributed by atoms with Gasteiger partial charge in [-0.15, -0.1) is 0 Å². The minimum atomic E-state index is -0.197. The molecule has 0 unspecified atom stereocenters. The third-order valence-electron chi connectivity index (χ3n) is 2.74. The maximum absolute atomic E-state index is 11.6. The number of thiocarbonyl (C=S) groups is 6. The van der Waals surface area contributed by atoms with E-state index in [1.54, 1.807) is 53.9 Å². The second-order valence-electron chi connectivity index (χ2n) is 5.95. The molecule has 0 bridgehead atoms. The van der Waals surface area contributed by atoms with Crippen molar-refractivity contribution in [2.75, 3.05) is 55.5 Å². The van der Waals surface area contributed by atoms with Crippen LogP contribution in [0.1, 0.15) is 42.0 Å². The van der Waals surface area contributed by atoms with Gasteiger partial charge in [-0.25, -0.2) is 5.84 Å². The van der Waals surface area contributed by atoms with E-state index in [4.69, 9.17) is 40.1 Å². The third-order valence-corrected chi connectivity index (χ3v) is 3.82. The zero-order valence-corrected chi connectivity index (χ0v) is 36.6. The summed E-state index contributed by atoms with van der Waals surface area (Å²) in [5.41, 5.74) is 2.25. The summed E-state index contributed by atoms with van der Waals surface area (Å²) >= 11 is 31.0. The van der Waals surface area contributed by atoms with E-state index in [1.807, 2.05) is 4.31 Å². The van der Waals surface area contributed by atoms with Gasteiger partial charge in [0.15, 0.2) is 11.6 Å². The van der Waals surface area contributed by atoms with E-state index < -0.39 is 0 Å². The number of carbonyl (C=O) groups excluding carboxylic acids is 2. The number of Topliss-reactive ketones (excluding diaryl/α,β-unsaturated/α-hetero) is 2. The van der Waals surface area contributed by atoms with E-state index in [-0.39, 0.29) is 159 Å². The summed E-state index contributed by atoms with van der Waals surface area (Å²) in [4.78, 5) is 27.6. The molecular formula is C21H48K2N6O5S7. The maximum atomic E-state index is 11.6. The molecule has 0 aliphatic heterocycles. The summed E-state index contributed by atoms with van der Waals surface area (Å²) in [5.74, 6) is 9.36. The summed E-state index contributed by atoms with van der Waals surface area (Å²) in [5, 5.41) is 8.62. The van der Waals surface area contributed by atoms with Crippen molar-refractivity contribution in [1.82, 2.24) is 20.2 Å². The van der Waals surface area contributed by atoms with Gasteiger partial charge in [0.25, 0.3) is 5.17 Å². The number of ketones is 2. The van der Waals surface area contributed by atoms with Gasteiger partial charge in [0.2, 0.25) is 0 Å². The van der Waals surface area contributed by atoms with Crippen molar-refractivity contribution in [3.05, 3.63) is 0 Å². The largest absolute Gasteiger partial charge is 1.00 e. The Balaban J connectivity index is -0.0000000365. The summed E-state index contributed by atoms with van der Waals surface area (Å²) in [6.07, 6.45) is -0.121. The van der Waals surface area contributed by atoms with E-state index in [2.05, 4.69) is 72.8 Å². The molecular weight excluding hydrogens is 719 g/mol. The number of hydrogen-bond donors (Lipinski definition) is 4. The predicted molar refractivity (Wildman–Crippen MR) is 191 cm³/mol. The predicted octanol–water partition coefficient (Wildman–Crippen LogP) is -3.51. The van der Waals surface area contributed by atoms with Gasteiger partial charge in [0.1, 0.15) is 0 Å². The van der Waals surface area contributed by atoms with Crippen LogP contribution < -0.4 is 120 Å². The Kier molecular flexibility index (Phi) is 105. The number of aliphatic hydroxyl groups excluding tert-OH is 1. The van der Waals surface area contributed by atoms with E-state index >= 15 is 0 Å². The van der Waals surface area contributed by atoms with Gasteiger partial charge in [-0.1, -0.05) is 46.2 Å². The smallest absolute Gasteiger partial charge is 0.870 e. The van der Waals surface area contributed by atoms with Crippen LogP contribution in [0.3, 0.4) is 0 Å². The molecule has 0 aromatic heterocycles. The van der Waals surface area contributed by atoms with Crippen LogP contribution >= 0.6 is 73.3 Å². The number of hydrazine groups is 2. The van der Waals surface area contributed by atoms with Gasteiger partial charge < -0.3 is 55.0 Å². The molecule has 0 atom stereocenters. The zero-order chi connectivity index (χ0) is 30.4. The summed E-state index contributed by atoms with van der Waals surface area (Å²) in [7, 11) is 9.16. The fourth-order valence-corrected chi connectivity index (χ4v) is 1.32. The van der Waals surface area contributed by atoms with Crippen molar-refractivity contribution in [1.29, 1.82) is 0 Å². The van der Waals surface area contributed by atoms with Crippen LogP contribution in [0, 0.1) is 0 Å². The quantitative estimate of drug-likeness (QED) is 0.0525. The molecule has 236 valence electrons. The molecule has 20 heteroatoms. The van der Waals surface area contributed by atoms with Crippen LogP contribution in [0.5, 0.6) is 0 Å². The molecule has 0 heterocycles. The molecule has 0 aliphatic rings. The monoisotopic (exact) mass is 766 g/mol. The first-order valence-electron chi connectivity index (χ1n) is 9.50. The second-order valence-corrected chi connectivity index (χ2v) is 9.63. The maximum Gasteiger partial charge on any atom is 1.00 e. The zero-order valence-electron chi connectivity index (χ0n) is 24.6. The number of methoxy groups -OCH3 is 1. The minimum Gasteiger partial charge on any atom is -0.870 e. The number of rotatable bonds is 6. The van der Waals surface area contributed by atoms with Gasteiger partial charge in [0, 0.05) is 32.6 Å². The number of nitrogens with one attached hydrogen (secondary N) is 1. The Morgan fingerprint density at radius 1 is 0.902 bits per heavy atom. The summed E-state index contributed by atoms with van der Waals surface area (Å²) in [6, 6.07) is 0. The molecule has 0 aromatic carbocycles. The summed E-state index contributed by atoms with van der Waals surface area (Å²) < 4.78 is 7.31. The van der Waals surface area contributed by atoms with Crippen molar-refractivity contribution < 1.29 is 128 Å². The van der Waals surface area contributed by atoms with Gasteiger partial charge in [-0.2, -0.15) is 4.20 Å². The van der Waals surface area contributed by atoms with Crippen LogP contribution in [0.2, 0.25) is 0 Å². The van der Waals surface area contributed by atoms with E-state index in [1.165, 1.54) is 17.0 Å². The fourth-order valence-electron chi connectivity index (χ4n) is 1.19. The first kappa shape index (κ1) is 74.3. The Labute approximate surface area is 371 Å². The number of likely N-dealkylation sites (N-methyl/N-ethyl adjacent to an activating group) is 2. The van der Waals surface area contributed by atoms with Crippen LogP contribution in [0.15, 0.2) is 0 Å². The topological polar surface area (TPSA) is 167 Å². The van der Waals surface area contributed by atoms with E-state index in [9.17, 15) is 9.59 Å². The van der Waals surface area contributed by atoms with Gasteiger partial charge in [-0.05, 0) is 57.5 Å². The molecule has 41 heavy (non-hydrogen) atoms. The van der Waals surface area contributed by atoms with Crippen LogP contribution in [-0.4, -0.2) is 116 Å². The number of nitrogens with zero attached hydrogens (tertiary/aromatic N) is 3. The van der Waals surface area contributed by atoms with Crippen LogP contribution in [0.25, 0.3) is 0 Å². The average molecular weight is 767 g/mol. The number of ether oxygens (including phenoxy) is 1. The number of aliphatic hydroxyl groups is 1. The van der Waals surface area contributed by atoms with E-state index in [0.717, 1.165) is 7.11 Å². The van der Waals surface area contributed by atoms with Crippen molar-refractivity contribution in [2.45, 2.75) is 42.0 Å². The Morgan fingerprint density at radius 3 is 1.29 bits per heavy atom. The third kappa shape index (κ3) is 85.8. The normalized spacial score (nSPS) is 6.73. The van der Waals surface area contributed by atoms with Gasteiger partial charge in [0.05, 0.1) is 36.6 Å². The van der Waals surface area contributed by atoms with Crippen molar-refractivity contribution >= 4 is 121 Å². The molecule has 0 aliphatic carbocycles. The van der Waals surface area contributed by atoms with Crippen LogP contribution in [0.4, 0.5) is 0 Å². The molecule has 0 aromatic rings. The number of hydrogen-bond acceptors (Lipinski definition) is 15. The molecule has 0 spiro atoms. The Morgan fingerprint density at radius 2 is 1.12 bits per heavy atom. The molecule has 0 amide bonds. The first-order chi connectivity index (χ1) is 16.5. The molecule has 0 fully saturated rings. The standard InChI is InChI=1S/C11H18N2O3S2.C3H8N2S.C2H4S2.CH6N2.CH4O.CS2.2CH4.2K.H2O/c1-8(17)12(2)6-9(14)5-10(15)7-13(3)11(18)16-4;1-3(6)5(2)4;1-2(3)4;1-3-2;1-2;2-1-3;;;;;/h5-7H2,1-4H3;4H2,1-2H3;1H3,(H,3,4);3H,2H2,1H3;2H,1H3;;2*1H4;;;1H2/q;;;;;;;;2*+1;/p-2. The second kappa shape index (κ2) is 58.0. The summed E-state index contributed by atoms with van der Waals surface area (Å²) in [6.45, 7) is 5.44. The van der Waals surface area contributed by atoms with Crippen molar-refractivity contribution in [2.24, 2.45) is 11.7 Å². The first-order valence-corrected chi connectivity index (χ1v) is 12.4. The van der Waals surface area contributed by atoms with Crippen molar-refractivity contribution in [3.63, 3.8) is 0 Å². The Bertz CT molecular complexity index is 689. The average Bonchev–Trinajstić information content (AvgIpc) is 2.75. The van der Waals surface area contributed by atoms with Gasteiger partial charge in [-0.3, -0.25) is 20.9 Å². The Hall–Kier alpha value is 2.41. The molecule has 7 N–H and O–H groups in total. The fraction of sp³-hybridized carbons (Fsp3) is 0.667. The minimum absolute atomic E-state index is 0. The number of carbonyl (C=O) groups is 2. The van der Waals surface area contributed by atoms with E-state index in [0.29, 0.717) is 14.2 Å². The molecule has 0 saturated carbocycles.